The molecule has 118 valence electrons. The standard InChI is InChI=1S/C15H25N3O2S/c1-12(2)17-21(19,20)15-9-5-4-8-14(15)16-11-13-7-6-10-18(13)3/h4-5,8-9,12-13,16-17H,6-7,10-11H2,1-3H3. The highest BCUT2D eigenvalue weighted by atomic mass is 32.2. The van der Waals surface area contributed by atoms with Crippen LogP contribution in [0, 0.1) is 0 Å². The van der Waals surface area contributed by atoms with E-state index in [-0.39, 0.29) is 6.04 Å². The van der Waals surface area contributed by atoms with Crippen LogP contribution in [0.15, 0.2) is 29.2 Å². The molecule has 1 aliphatic rings. The zero-order chi connectivity index (χ0) is 15.5. The van der Waals surface area contributed by atoms with Crippen molar-refractivity contribution in [2.45, 2.75) is 43.7 Å². The summed E-state index contributed by atoms with van der Waals surface area (Å²) in [4.78, 5) is 2.63. The first-order valence-electron chi connectivity index (χ1n) is 7.45. The Hall–Kier alpha value is -1.11. The molecule has 1 aromatic carbocycles. The van der Waals surface area contributed by atoms with Crippen LogP contribution in [-0.2, 0) is 10.0 Å². The van der Waals surface area contributed by atoms with Gasteiger partial charge in [-0.05, 0) is 52.4 Å². The zero-order valence-corrected chi connectivity index (χ0v) is 13.8. The van der Waals surface area contributed by atoms with Gasteiger partial charge in [0.25, 0.3) is 0 Å². The number of sulfonamides is 1. The monoisotopic (exact) mass is 311 g/mol. The van der Waals surface area contributed by atoms with Gasteiger partial charge in [0.1, 0.15) is 4.90 Å². The molecule has 2 N–H and O–H groups in total. The third kappa shape index (κ3) is 4.18. The third-order valence-corrected chi connectivity index (χ3v) is 5.48. The van der Waals surface area contributed by atoms with Gasteiger partial charge < -0.3 is 10.2 Å². The van der Waals surface area contributed by atoms with E-state index in [1.807, 2.05) is 26.0 Å². The van der Waals surface area contributed by atoms with Gasteiger partial charge in [-0.3, -0.25) is 0 Å². The molecule has 1 heterocycles. The van der Waals surface area contributed by atoms with E-state index in [1.165, 1.54) is 6.42 Å². The average molecular weight is 311 g/mol. The summed E-state index contributed by atoms with van der Waals surface area (Å²) >= 11 is 0. The van der Waals surface area contributed by atoms with E-state index in [1.54, 1.807) is 12.1 Å². The predicted octanol–water partition coefficient (Wildman–Crippen LogP) is 1.88. The average Bonchev–Trinajstić information content (AvgIpc) is 2.81. The van der Waals surface area contributed by atoms with E-state index >= 15 is 0 Å². The highest BCUT2D eigenvalue weighted by Gasteiger charge is 2.23. The molecule has 5 nitrogen and oxygen atoms in total. The lowest BCUT2D eigenvalue weighted by atomic mass is 10.2. The number of benzene rings is 1. The van der Waals surface area contributed by atoms with Gasteiger partial charge in [-0.2, -0.15) is 0 Å². The number of para-hydroxylation sites is 1. The van der Waals surface area contributed by atoms with Crippen molar-refractivity contribution in [3.63, 3.8) is 0 Å². The van der Waals surface area contributed by atoms with Crippen LogP contribution in [-0.4, -0.2) is 45.5 Å². The van der Waals surface area contributed by atoms with E-state index in [2.05, 4.69) is 22.0 Å². The second kappa shape index (κ2) is 6.77. The van der Waals surface area contributed by atoms with Gasteiger partial charge in [0.15, 0.2) is 0 Å². The maximum absolute atomic E-state index is 12.4. The van der Waals surface area contributed by atoms with Crippen molar-refractivity contribution >= 4 is 15.7 Å². The highest BCUT2D eigenvalue weighted by molar-refractivity contribution is 7.89. The smallest absolute Gasteiger partial charge is 0.242 e. The molecular weight excluding hydrogens is 286 g/mol. The summed E-state index contributed by atoms with van der Waals surface area (Å²) in [6, 6.07) is 7.43. The molecule has 6 heteroatoms. The van der Waals surface area contributed by atoms with Crippen molar-refractivity contribution in [3.05, 3.63) is 24.3 Å². The first-order valence-corrected chi connectivity index (χ1v) is 8.94. The summed E-state index contributed by atoms with van der Waals surface area (Å²) in [5.41, 5.74) is 0.672. The number of anilines is 1. The van der Waals surface area contributed by atoms with Crippen molar-refractivity contribution in [2.24, 2.45) is 0 Å². The maximum Gasteiger partial charge on any atom is 0.242 e. The molecule has 0 amide bonds. The molecule has 1 fully saturated rings. The summed E-state index contributed by atoms with van der Waals surface area (Å²) in [7, 11) is -1.36. The van der Waals surface area contributed by atoms with Crippen LogP contribution in [0.3, 0.4) is 0 Å². The minimum atomic E-state index is -3.48. The van der Waals surface area contributed by atoms with Crippen molar-refractivity contribution in [2.75, 3.05) is 25.5 Å². The molecule has 1 aliphatic heterocycles. The Morgan fingerprint density at radius 2 is 2.05 bits per heavy atom. The molecular formula is C15H25N3O2S. The molecule has 1 saturated heterocycles. The van der Waals surface area contributed by atoms with Crippen LogP contribution in [0.1, 0.15) is 26.7 Å². The Bertz CT molecular complexity index is 572. The molecule has 2 rings (SSSR count). The second-order valence-corrected chi connectivity index (χ2v) is 7.61. The van der Waals surface area contributed by atoms with Crippen molar-refractivity contribution < 1.29 is 8.42 Å². The molecule has 21 heavy (non-hydrogen) atoms. The molecule has 1 atom stereocenters. The first kappa shape index (κ1) is 16.3. The molecule has 1 unspecified atom stereocenters. The molecule has 0 saturated carbocycles. The summed E-state index contributed by atoms with van der Waals surface area (Å²) in [5.74, 6) is 0. The normalized spacial score (nSPS) is 20.1. The Labute approximate surface area is 127 Å². The fraction of sp³-hybridized carbons (Fsp3) is 0.600. The number of likely N-dealkylation sites (N-methyl/N-ethyl adjacent to an activating group) is 1. The first-order chi connectivity index (χ1) is 9.90. The summed E-state index contributed by atoms with van der Waals surface area (Å²) in [6.07, 6.45) is 2.36. The lowest BCUT2D eigenvalue weighted by molar-refractivity contribution is 0.322. The molecule has 0 aromatic heterocycles. The Balaban J connectivity index is 2.13. The topological polar surface area (TPSA) is 61.4 Å². The SMILES string of the molecule is CC(C)NS(=O)(=O)c1ccccc1NCC1CCCN1C. The third-order valence-electron chi connectivity index (χ3n) is 3.77. The largest absolute Gasteiger partial charge is 0.382 e. The number of likely N-dealkylation sites (tertiary alicyclic amines) is 1. The number of nitrogens with zero attached hydrogens (tertiary/aromatic N) is 1. The Morgan fingerprint density at radius 3 is 2.67 bits per heavy atom. The van der Waals surface area contributed by atoms with Gasteiger partial charge in [-0.25, -0.2) is 13.1 Å². The van der Waals surface area contributed by atoms with Gasteiger partial charge >= 0.3 is 0 Å². The minimum absolute atomic E-state index is 0.121. The number of nitrogens with one attached hydrogen (secondary N) is 2. The molecule has 0 spiro atoms. The van der Waals surface area contributed by atoms with Crippen LogP contribution >= 0.6 is 0 Å². The second-order valence-electron chi connectivity index (χ2n) is 5.93. The van der Waals surface area contributed by atoms with Gasteiger partial charge in [-0.1, -0.05) is 12.1 Å². The van der Waals surface area contributed by atoms with Crippen LogP contribution in [0.25, 0.3) is 0 Å². The molecule has 0 aliphatic carbocycles. The number of hydrogen-bond acceptors (Lipinski definition) is 4. The van der Waals surface area contributed by atoms with Crippen LogP contribution in [0.2, 0.25) is 0 Å². The molecule has 0 bridgehead atoms. The fourth-order valence-corrected chi connectivity index (χ4v) is 4.12. The van der Waals surface area contributed by atoms with Crippen LogP contribution in [0.4, 0.5) is 5.69 Å². The van der Waals surface area contributed by atoms with Gasteiger partial charge in [0.05, 0.1) is 5.69 Å². The quantitative estimate of drug-likeness (QED) is 0.842. The molecule has 0 radical (unpaired) electrons. The highest BCUT2D eigenvalue weighted by Crippen LogP contribution is 2.22. The lowest BCUT2D eigenvalue weighted by Crippen LogP contribution is -2.33. The summed E-state index contributed by atoms with van der Waals surface area (Å²) in [5, 5.41) is 3.30. The predicted molar refractivity (Wildman–Crippen MR) is 86.0 cm³/mol. The van der Waals surface area contributed by atoms with E-state index in [0.717, 1.165) is 19.5 Å². The fourth-order valence-electron chi connectivity index (χ4n) is 2.69. The van der Waals surface area contributed by atoms with E-state index in [4.69, 9.17) is 0 Å². The maximum atomic E-state index is 12.4. The van der Waals surface area contributed by atoms with Gasteiger partial charge in [0.2, 0.25) is 10.0 Å². The summed E-state index contributed by atoms with van der Waals surface area (Å²) in [6.45, 7) is 5.52. The molecule has 1 aromatic rings. The Morgan fingerprint density at radius 1 is 1.33 bits per heavy atom. The van der Waals surface area contributed by atoms with E-state index in [0.29, 0.717) is 16.6 Å². The minimum Gasteiger partial charge on any atom is -0.382 e. The summed E-state index contributed by atoms with van der Waals surface area (Å²) < 4.78 is 27.4. The number of hydrogen-bond donors (Lipinski definition) is 2. The van der Waals surface area contributed by atoms with Gasteiger partial charge in [-0.15, -0.1) is 0 Å². The van der Waals surface area contributed by atoms with Crippen molar-refractivity contribution in [1.29, 1.82) is 0 Å². The van der Waals surface area contributed by atoms with Gasteiger partial charge in [0, 0.05) is 18.6 Å². The lowest BCUT2D eigenvalue weighted by Gasteiger charge is -2.21. The van der Waals surface area contributed by atoms with Crippen molar-refractivity contribution in [1.82, 2.24) is 9.62 Å². The number of rotatable bonds is 6. The van der Waals surface area contributed by atoms with Crippen LogP contribution < -0.4 is 10.0 Å². The van der Waals surface area contributed by atoms with Crippen molar-refractivity contribution in [3.8, 4) is 0 Å². The zero-order valence-electron chi connectivity index (χ0n) is 13.0. The van der Waals surface area contributed by atoms with Crippen LogP contribution in [0.5, 0.6) is 0 Å². The Kier molecular flexibility index (Phi) is 5.24. The van der Waals surface area contributed by atoms with E-state index < -0.39 is 10.0 Å². The van der Waals surface area contributed by atoms with E-state index in [9.17, 15) is 8.42 Å².